The van der Waals surface area contributed by atoms with Crippen molar-refractivity contribution in [2.45, 2.75) is 39.3 Å². The van der Waals surface area contributed by atoms with E-state index in [0.717, 1.165) is 42.9 Å². The van der Waals surface area contributed by atoms with E-state index in [1.54, 1.807) is 6.07 Å². The fourth-order valence-corrected chi connectivity index (χ4v) is 4.14. The maximum atomic E-state index is 11.2. The van der Waals surface area contributed by atoms with Gasteiger partial charge in [-0.2, -0.15) is 0 Å². The summed E-state index contributed by atoms with van der Waals surface area (Å²) in [6, 6.07) is 10.1. The highest BCUT2D eigenvalue weighted by Crippen LogP contribution is 2.39. The normalized spacial score (nSPS) is 15.4. The fraction of sp³-hybridized carbons (Fsp3) is 0.385. The van der Waals surface area contributed by atoms with Crippen molar-refractivity contribution in [2.75, 3.05) is 26.2 Å². The number of allylic oxidation sites excluding steroid dienone is 2. The van der Waals surface area contributed by atoms with Gasteiger partial charge in [0, 0.05) is 55.5 Å². The van der Waals surface area contributed by atoms with Gasteiger partial charge >= 0.3 is 0 Å². The number of benzene rings is 2. The maximum absolute atomic E-state index is 11.2. The second-order valence-electron chi connectivity index (χ2n) is 8.39. The molecule has 1 aliphatic heterocycles. The van der Waals surface area contributed by atoms with Gasteiger partial charge in [-0.1, -0.05) is 24.3 Å². The van der Waals surface area contributed by atoms with Crippen LogP contribution in [0.15, 0.2) is 55.6 Å². The molecule has 1 saturated heterocycles. The molecule has 30 heavy (non-hydrogen) atoms. The molecule has 4 nitrogen and oxygen atoms in total. The first-order chi connectivity index (χ1) is 14.4. The molecule has 0 aliphatic carbocycles. The third-order valence-corrected chi connectivity index (χ3v) is 5.89. The van der Waals surface area contributed by atoms with Gasteiger partial charge in [-0.25, -0.2) is 0 Å². The van der Waals surface area contributed by atoms with Gasteiger partial charge in [0.1, 0.15) is 11.5 Å². The van der Waals surface area contributed by atoms with Crippen molar-refractivity contribution >= 4 is 0 Å². The molecule has 1 aliphatic rings. The second-order valence-corrected chi connectivity index (χ2v) is 8.39. The molecule has 0 radical (unpaired) electrons. The number of phenolic OH excluding ortho intramolecular Hbond substituents is 2. The van der Waals surface area contributed by atoms with Crippen LogP contribution in [-0.4, -0.2) is 52.2 Å². The van der Waals surface area contributed by atoms with E-state index in [2.05, 4.69) is 42.9 Å². The zero-order valence-electron chi connectivity index (χ0n) is 18.3. The van der Waals surface area contributed by atoms with E-state index < -0.39 is 0 Å². The molecule has 2 N–H and O–H groups in total. The summed E-state index contributed by atoms with van der Waals surface area (Å²) in [5.74, 6) is 0.422. The van der Waals surface area contributed by atoms with Crippen LogP contribution in [0.25, 0.3) is 11.1 Å². The smallest absolute Gasteiger partial charge is 0.128 e. The van der Waals surface area contributed by atoms with Crippen LogP contribution in [0.4, 0.5) is 0 Å². The molecule has 2 aromatic carbocycles. The number of aromatic hydroxyl groups is 2. The van der Waals surface area contributed by atoms with Crippen molar-refractivity contribution < 1.29 is 10.2 Å². The molecule has 0 aromatic heterocycles. The van der Waals surface area contributed by atoms with Crippen LogP contribution < -0.4 is 0 Å². The average Bonchev–Trinajstić information content (AvgIpc) is 2.72. The van der Waals surface area contributed by atoms with E-state index in [1.165, 1.54) is 0 Å². The Bertz CT molecular complexity index is 896. The van der Waals surface area contributed by atoms with Gasteiger partial charge in [0.2, 0.25) is 0 Å². The molecular weight excluding hydrogens is 372 g/mol. The monoisotopic (exact) mass is 406 g/mol. The number of nitrogens with zero attached hydrogens (tertiary/aromatic N) is 2. The topological polar surface area (TPSA) is 46.9 Å². The summed E-state index contributed by atoms with van der Waals surface area (Å²) in [7, 11) is 0. The van der Waals surface area contributed by atoms with Gasteiger partial charge in [-0.15, -0.1) is 13.2 Å². The van der Waals surface area contributed by atoms with Crippen LogP contribution in [0.1, 0.15) is 30.5 Å². The third-order valence-electron chi connectivity index (χ3n) is 5.89. The molecule has 2 aromatic rings. The lowest BCUT2D eigenvalue weighted by molar-refractivity contribution is 0.103. The average molecular weight is 407 g/mol. The van der Waals surface area contributed by atoms with Crippen molar-refractivity contribution in [3.05, 3.63) is 72.3 Å². The summed E-state index contributed by atoms with van der Waals surface area (Å²) < 4.78 is 0. The summed E-state index contributed by atoms with van der Waals surface area (Å²) in [5.41, 5.74) is 4.37. The predicted octanol–water partition coefficient (Wildman–Crippen LogP) is 4.75. The van der Waals surface area contributed by atoms with Crippen LogP contribution in [0.2, 0.25) is 0 Å². The van der Waals surface area contributed by atoms with Crippen LogP contribution in [0.3, 0.4) is 0 Å². The van der Waals surface area contributed by atoms with Crippen LogP contribution in [0, 0.1) is 0 Å². The van der Waals surface area contributed by atoms with Crippen LogP contribution in [-0.2, 0) is 19.4 Å². The Kier molecular flexibility index (Phi) is 7.35. The zero-order chi connectivity index (χ0) is 21.7. The van der Waals surface area contributed by atoms with Gasteiger partial charge in [0.05, 0.1) is 0 Å². The minimum absolute atomic E-state index is 0.172. The molecule has 0 atom stereocenters. The molecule has 0 spiro atoms. The SMILES string of the molecule is C=CCc1ccc(O)c(-c2cc(CC=C)cc(CN3CCN(C(C)C)CC3)c2O)c1. The van der Waals surface area contributed by atoms with Crippen molar-refractivity contribution in [3.63, 3.8) is 0 Å². The molecule has 0 saturated carbocycles. The highest BCUT2D eigenvalue weighted by Gasteiger charge is 2.21. The van der Waals surface area contributed by atoms with E-state index in [9.17, 15) is 10.2 Å². The molecule has 0 amide bonds. The lowest BCUT2D eigenvalue weighted by atomic mass is 9.94. The minimum atomic E-state index is 0.172. The Hall–Kier alpha value is -2.56. The summed E-state index contributed by atoms with van der Waals surface area (Å²) in [6.07, 6.45) is 5.14. The van der Waals surface area contributed by atoms with E-state index in [1.807, 2.05) is 30.4 Å². The molecule has 1 heterocycles. The Morgan fingerprint density at radius 2 is 1.53 bits per heavy atom. The first-order valence-electron chi connectivity index (χ1n) is 10.8. The quantitative estimate of drug-likeness (QED) is 0.621. The van der Waals surface area contributed by atoms with Crippen LogP contribution in [0.5, 0.6) is 11.5 Å². The van der Waals surface area contributed by atoms with Gasteiger partial charge < -0.3 is 10.2 Å². The fourth-order valence-electron chi connectivity index (χ4n) is 4.14. The Morgan fingerprint density at radius 1 is 0.900 bits per heavy atom. The predicted molar refractivity (Wildman–Crippen MR) is 125 cm³/mol. The maximum Gasteiger partial charge on any atom is 0.128 e. The summed E-state index contributed by atoms with van der Waals surface area (Å²) in [6.45, 7) is 16.9. The summed E-state index contributed by atoms with van der Waals surface area (Å²) >= 11 is 0. The first-order valence-corrected chi connectivity index (χ1v) is 10.8. The van der Waals surface area contributed by atoms with Crippen molar-refractivity contribution in [1.82, 2.24) is 9.80 Å². The van der Waals surface area contributed by atoms with E-state index in [-0.39, 0.29) is 11.5 Å². The molecule has 1 fully saturated rings. The largest absolute Gasteiger partial charge is 0.507 e. The number of hydrogen-bond acceptors (Lipinski definition) is 4. The van der Waals surface area contributed by atoms with Gasteiger partial charge in [-0.3, -0.25) is 9.80 Å². The van der Waals surface area contributed by atoms with Crippen LogP contribution >= 0.6 is 0 Å². The molecule has 0 unspecified atom stereocenters. The van der Waals surface area contributed by atoms with E-state index >= 15 is 0 Å². The van der Waals surface area contributed by atoms with Crippen molar-refractivity contribution in [3.8, 4) is 22.6 Å². The number of piperazine rings is 1. The van der Waals surface area contributed by atoms with Gasteiger partial charge in [-0.05, 0) is 56.0 Å². The lowest BCUT2D eigenvalue weighted by Gasteiger charge is -2.37. The molecule has 4 heteroatoms. The van der Waals surface area contributed by atoms with Gasteiger partial charge in [0.15, 0.2) is 0 Å². The molecule has 0 bridgehead atoms. The lowest BCUT2D eigenvalue weighted by Crippen LogP contribution is -2.48. The Labute approximate surface area is 180 Å². The number of phenols is 2. The van der Waals surface area contributed by atoms with Crippen molar-refractivity contribution in [2.24, 2.45) is 0 Å². The summed E-state index contributed by atoms with van der Waals surface area (Å²) in [4.78, 5) is 4.88. The highest BCUT2D eigenvalue weighted by molar-refractivity contribution is 5.78. The van der Waals surface area contributed by atoms with Crippen molar-refractivity contribution in [1.29, 1.82) is 0 Å². The Balaban J connectivity index is 1.94. The number of hydrogen-bond donors (Lipinski definition) is 2. The standard InChI is InChI=1S/C26H34N2O2/c1-5-7-20-9-10-25(29)23(16-20)24-17-21(8-6-2)15-22(26(24)30)18-27-11-13-28(14-12-27)19(3)4/h5-6,9-10,15-17,19,29-30H,1-2,7-8,11-14,18H2,3-4H3. The van der Waals surface area contributed by atoms with E-state index in [0.29, 0.717) is 36.6 Å². The first kappa shape index (κ1) is 22.1. The van der Waals surface area contributed by atoms with Gasteiger partial charge in [0.25, 0.3) is 0 Å². The number of rotatable bonds is 8. The Morgan fingerprint density at radius 3 is 2.17 bits per heavy atom. The third kappa shape index (κ3) is 5.13. The van der Waals surface area contributed by atoms with E-state index in [4.69, 9.17) is 0 Å². The second kappa shape index (κ2) is 9.96. The minimum Gasteiger partial charge on any atom is -0.507 e. The summed E-state index contributed by atoms with van der Waals surface area (Å²) in [5, 5.41) is 21.7. The molecule has 3 rings (SSSR count). The molecular formula is C26H34N2O2. The molecule has 160 valence electrons. The zero-order valence-corrected chi connectivity index (χ0v) is 18.3. The highest BCUT2D eigenvalue weighted by atomic mass is 16.3.